The van der Waals surface area contributed by atoms with Crippen molar-refractivity contribution < 1.29 is 27.9 Å². The van der Waals surface area contributed by atoms with Crippen molar-refractivity contribution >= 4 is 28.3 Å². The van der Waals surface area contributed by atoms with Crippen LogP contribution in [0, 0.1) is 0 Å². The summed E-state index contributed by atoms with van der Waals surface area (Å²) < 4.78 is 31.7. The molecule has 0 amide bonds. The summed E-state index contributed by atoms with van der Waals surface area (Å²) in [6.45, 7) is 0. The normalized spacial score (nSPS) is 15.2. The molecule has 1 aliphatic heterocycles. The SMILES string of the molecule is C1=C(c2ccn[nH]2)ON(c2ccc3[nH]cc(-c4cncc(C5CC5)n4)c3c2)N1.O=C(O)C(F)(F)F. The lowest BCUT2D eigenvalue weighted by Gasteiger charge is -2.17. The van der Waals surface area contributed by atoms with Gasteiger partial charge in [-0.15, -0.1) is 5.17 Å². The first-order valence-corrected chi connectivity index (χ1v) is 10.5. The number of nitrogens with zero attached hydrogens (tertiary/aromatic N) is 4. The maximum absolute atomic E-state index is 10.6. The Labute approximate surface area is 195 Å². The van der Waals surface area contributed by atoms with E-state index in [0.29, 0.717) is 11.7 Å². The first-order valence-electron chi connectivity index (χ1n) is 10.5. The van der Waals surface area contributed by atoms with E-state index in [0.717, 1.165) is 39.2 Å². The van der Waals surface area contributed by atoms with Gasteiger partial charge < -0.3 is 14.9 Å². The van der Waals surface area contributed by atoms with E-state index in [2.05, 4.69) is 31.7 Å². The minimum absolute atomic E-state index is 0.572. The van der Waals surface area contributed by atoms with Crippen molar-refractivity contribution in [3.63, 3.8) is 0 Å². The number of rotatable bonds is 4. The van der Waals surface area contributed by atoms with Gasteiger partial charge in [0.1, 0.15) is 11.4 Å². The summed E-state index contributed by atoms with van der Waals surface area (Å²) in [4.78, 5) is 27.4. The van der Waals surface area contributed by atoms with E-state index in [-0.39, 0.29) is 0 Å². The number of aromatic amines is 2. The summed E-state index contributed by atoms with van der Waals surface area (Å²) in [6.07, 6.45) is 6.51. The standard InChI is InChI=1S/C20H17N7O.C2HF3O2/c1-2-12(1)18-9-21-10-19(25-18)15-8-22-16-4-3-13(7-14(15)16)27-24-11-20(28-27)17-5-6-23-26-17;3-2(4,5)1(6)7/h3-12,22,24H,1-2H2,(H,23,26);(H,6,7). The molecule has 1 aliphatic carbocycles. The summed E-state index contributed by atoms with van der Waals surface area (Å²) in [5.41, 5.74) is 8.86. The van der Waals surface area contributed by atoms with Gasteiger partial charge >= 0.3 is 12.1 Å². The number of fused-ring (bicyclic) bond motifs is 1. The lowest BCUT2D eigenvalue weighted by atomic mass is 10.1. The third-order valence-electron chi connectivity index (χ3n) is 5.34. The third kappa shape index (κ3) is 4.74. The second-order valence-electron chi connectivity index (χ2n) is 7.83. The number of carboxylic acid groups (broad SMARTS) is 1. The molecule has 2 aliphatic rings. The lowest BCUT2D eigenvalue weighted by Crippen LogP contribution is -2.28. The van der Waals surface area contributed by atoms with Crippen LogP contribution < -0.4 is 10.6 Å². The van der Waals surface area contributed by atoms with Crippen LogP contribution in [-0.4, -0.2) is 42.4 Å². The Morgan fingerprint density at radius 1 is 1.20 bits per heavy atom. The number of halogens is 3. The number of hydrogen-bond donors (Lipinski definition) is 4. The maximum atomic E-state index is 10.6. The van der Waals surface area contributed by atoms with Gasteiger partial charge in [0.15, 0.2) is 5.76 Å². The number of hydrogen-bond acceptors (Lipinski definition) is 7. The zero-order valence-electron chi connectivity index (χ0n) is 17.9. The predicted octanol–water partition coefficient (Wildman–Crippen LogP) is 4.11. The van der Waals surface area contributed by atoms with Crippen LogP contribution in [-0.2, 0) is 9.63 Å². The summed E-state index contributed by atoms with van der Waals surface area (Å²) >= 11 is 0. The topological polar surface area (TPSA) is 132 Å². The highest BCUT2D eigenvalue weighted by Crippen LogP contribution is 2.40. The summed E-state index contributed by atoms with van der Waals surface area (Å²) in [5, 5.41) is 16.7. The second kappa shape index (κ2) is 8.66. The van der Waals surface area contributed by atoms with Crippen LogP contribution in [0.2, 0.25) is 0 Å². The van der Waals surface area contributed by atoms with Gasteiger partial charge in [0, 0.05) is 41.0 Å². The molecule has 13 heteroatoms. The minimum Gasteiger partial charge on any atom is -0.475 e. The van der Waals surface area contributed by atoms with E-state index in [9.17, 15) is 13.2 Å². The molecule has 0 bridgehead atoms. The van der Waals surface area contributed by atoms with Gasteiger partial charge in [0.2, 0.25) is 0 Å². The smallest absolute Gasteiger partial charge is 0.475 e. The fraction of sp³-hybridized carbons (Fsp3) is 0.182. The van der Waals surface area contributed by atoms with Gasteiger partial charge in [-0.1, -0.05) is 0 Å². The van der Waals surface area contributed by atoms with Crippen LogP contribution in [0.1, 0.15) is 30.1 Å². The quantitative estimate of drug-likeness (QED) is 0.340. The fourth-order valence-electron chi connectivity index (χ4n) is 3.45. The summed E-state index contributed by atoms with van der Waals surface area (Å²) in [5.74, 6) is -1.51. The molecule has 4 aromatic rings. The molecule has 0 radical (unpaired) electrons. The molecule has 0 saturated heterocycles. The molecule has 4 N–H and O–H groups in total. The fourth-order valence-corrected chi connectivity index (χ4v) is 3.45. The zero-order valence-corrected chi connectivity index (χ0v) is 17.9. The molecule has 0 atom stereocenters. The average molecular weight is 485 g/mol. The van der Waals surface area contributed by atoms with Gasteiger partial charge in [-0.05, 0) is 37.1 Å². The van der Waals surface area contributed by atoms with E-state index >= 15 is 0 Å². The largest absolute Gasteiger partial charge is 0.490 e. The number of anilines is 1. The molecule has 0 unspecified atom stereocenters. The number of benzene rings is 1. The van der Waals surface area contributed by atoms with Crippen LogP contribution in [0.25, 0.3) is 27.9 Å². The number of carbonyl (C=O) groups is 1. The second-order valence-corrected chi connectivity index (χ2v) is 7.83. The number of carboxylic acids is 1. The monoisotopic (exact) mass is 485 g/mol. The van der Waals surface area contributed by atoms with Crippen molar-refractivity contribution in [3.8, 4) is 11.3 Å². The number of nitrogens with one attached hydrogen (secondary N) is 3. The van der Waals surface area contributed by atoms with Gasteiger partial charge in [-0.25, -0.2) is 9.78 Å². The number of hydrazine groups is 1. The molecule has 1 saturated carbocycles. The number of alkyl halides is 3. The number of aliphatic carboxylic acids is 1. The third-order valence-corrected chi connectivity index (χ3v) is 5.34. The van der Waals surface area contributed by atoms with Crippen molar-refractivity contribution in [2.24, 2.45) is 0 Å². The highest BCUT2D eigenvalue weighted by Gasteiger charge is 2.38. The van der Waals surface area contributed by atoms with Crippen LogP contribution in [0.4, 0.5) is 18.9 Å². The van der Waals surface area contributed by atoms with Crippen molar-refractivity contribution in [1.82, 2.24) is 30.6 Å². The Bertz CT molecular complexity index is 1400. The Balaban J connectivity index is 0.000000320. The Hall–Kier alpha value is -4.55. The molecule has 0 spiro atoms. The van der Waals surface area contributed by atoms with Crippen LogP contribution in [0.5, 0.6) is 0 Å². The summed E-state index contributed by atoms with van der Waals surface area (Å²) in [7, 11) is 0. The first kappa shape index (κ1) is 22.3. The molecule has 10 nitrogen and oxygen atoms in total. The molecule has 180 valence electrons. The van der Waals surface area contributed by atoms with Gasteiger partial charge in [0.05, 0.1) is 23.8 Å². The van der Waals surface area contributed by atoms with E-state index < -0.39 is 12.1 Å². The predicted molar refractivity (Wildman–Crippen MR) is 118 cm³/mol. The Morgan fingerprint density at radius 2 is 2.00 bits per heavy atom. The summed E-state index contributed by atoms with van der Waals surface area (Å²) in [6, 6.07) is 7.95. The zero-order chi connectivity index (χ0) is 24.6. The molecule has 35 heavy (non-hydrogen) atoms. The number of aromatic nitrogens is 5. The molecule has 6 rings (SSSR count). The van der Waals surface area contributed by atoms with E-state index in [1.54, 1.807) is 17.6 Å². The van der Waals surface area contributed by atoms with Crippen LogP contribution in [0.3, 0.4) is 0 Å². The molecule has 4 heterocycles. The highest BCUT2D eigenvalue weighted by molar-refractivity contribution is 5.96. The van der Waals surface area contributed by atoms with Gasteiger partial charge in [-0.2, -0.15) is 18.3 Å². The average Bonchev–Trinajstić information content (AvgIpc) is 3.22. The molecule has 1 aromatic carbocycles. The lowest BCUT2D eigenvalue weighted by molar-refractivity contribution is -0.192. The van der Waals surface area contributed by atoms with Crippen LogP contribution in [0.15, 0.2) is 55.3 Å². The van der Waals surface area contributed by atoms with Crippen molar-refractivity contribution in [3.05, 3.63) is 66.6 Å². The van der Waals surface area contributed by atoms with Crippen molar-refractivity contribution in [2.45, 2.75) is 24.9 Å². The van der Waals surface area contributed by atoms with E-state index in [4.69, 9.17) is 19.7 Å². The Kier molecular flexibility index (Phi) is 5.51. The van der Waals surface area contributed by atoms with Crippen molar-refractivity contribution in [2.75, 3.05) is 5.17 Å². The number of H-pyrrole nitrogens is 2. The van der Waals surface area contributed by atoms with Gasteiger partial charge in [-0.3, -0.25) is 15.5 Å². The van der Waals surface area contributed by atoms with Gasteiger partial charge in [0.25, 0.3) is 0 Å². The van der Waals surface area contributed by atoms with E-state index in [1.807, 2.05) is 36.8 Å². The first-order chi connectivity index (χ1) is 16.8. The van der Waals surface area contributed by atoms with E-state index in [1.165, 1.54) is 12.8 Å². The minimum atomic E-state index is -5.08. The maximum Gasteiger partial charge on any atom is 0.490 e. The van der Waals surface area contributed by atoms with Crippen molar-refractivity contribution in [1.29, 1.82) is 0 Å². The molecular weight excluding hydrogens is 467 g/mol. The highest BCUT2D eigenvalue weighted by atomic mass is 19.4. The molecular formula is C22H18F3N7O3. The Morgan fingerprint density at radius 3 is 2.69 bits per heavy atom. The molecule has 3 aromatic heterocycles. The van der Waals surface area contributed by atoms with Crippen LogP contribution >= 0.6 is 0 Å². The molecule has 1 fully saturated rings.